The maximum Gasteiger partial charge on any atom is 0.255 e. The van der Waals surface area contributed by atoms with E-state index in [0.717, 1.165) is 22.3 Å². The van der Waals surface area contributed by atoms with Gasteiger partial charge in [-0.25, -0.2) is 0 Å². The Morgan fingerprint density at radius 3 is 2.44 bits per heavy atom. The molecule has 1 N–H and O–H groups in total. The minimum absolute atomic E-state index is 0.162. The zero-order valence-electron chi connectivity index (χ0n) is 15.8. The van der Waals surface area contributed by atoms with Crippen molar-refractivity contribution in [1.29, 1.82) is 0 Å². The van der Waals surface area contributed by atoms with Crippen molar-refractivity contribution < 1.29 is 9.53 Å². The van der Waals surface area contributed by atoms with Crippen LogP contribution in [0.1, 0.15) is 32.9 Å². The molecule has 1 aromatic heterocycles. The van der Waals surface area contributed by atoms with Gasteiger partial charge in [0.15, 0.2) is 0 Å². The van der Waals surface area contributed by atoms with Gasteiger partial charge in [-0.1, -0.05) is 12.1 Å². The molecule has 2 aromatic carbocycles. The fourth-order valence-corrected chi connectivity index (χ4v) is 3.53. The SMILES string of the molecule is COc1ccc(C(=O)Nc2ccc(Cc3c(C)nn(C)c3C)cc2)cc1Br. The number of hydrogen-bond acceptors (Lipinski definition) is 3. The molecule has 6 heteroatoms. The zero-order chi connectivity index (χ0) is 19.6. The van der Waals surface area contributed by atoms with Gasteiger partial charge in [-0.3, -0.25) is 9.48 Å². The number of aryl methyl sites for hydroxylation is 2. The third-order valence-electron chi connectivity index (χ3n) is 4.67. The molecule has 3 rings (SSSR count). The van der Waals surface area contributed by atoms with E-state index < -0.39 is 0 Å². The lowest BCUT2D eigenvalue weighted by Gasteiger charge is -2.09. The van der Waals surface area contributed by atoms with Crippen molar-refractivity contribution in [3.05, 3.63) is 75.0 Å². The Labute approximate surface area is 167 Å². The van der Waals surface area contributed by atoms with Gasteiger partial charge < -0.3 is 10.1 Å². The Morgan fingerprint density at radius 1 is 1.19 bits per heavy atom. The topological polar surface area (TPSA) is 56.1 Å². The Kier molecular flexibility index (Phi) is 5.65. The number of hydrogen-bond donors (Lipinski definition) is 1. The van der Waals surface area contributed by atoms with E-state index in [2.05, 4.69) is 33.3 Å². The minimum atomic E-state index is -0.162. The molecule has 0 bridgehead atoms. The molecule has 0 radical (unpaired) electrons. The Bertz CT molecular complexity index is 978. The average Bonchev–Trinajstić information content (AvgIpc) is 2.89. The molecule has 1 heterocycles. The van der Waals surface area contributed by atoms with E-state index in [1.54, 1.807) is 25.3 Å². The van der Waals surface area contributed by atoms with E-state index in [4.69, 9.17) is 4.74 Å². The minimum Gasteiger partial charge on any atom is -0.496 e. The van der Waals surface area contributed by atoms with Crippen molar-refractivity contribution in [1.82, 2.24) is 9.78 Å². The molecule has 0 saturated carbocycles. The molecule has 0 saturated heterocycles. The first-order valence-electron chi connectivity index (χ1n) is 8.62. The number of carbonyl (C=O) groups is 1. The van der Waals surface area contributed by atoms with Gasteiger partial charge in [0.05, 0.1) is 17.3 Å². The zero-order valence-corrected chi connectivity index (χ0v) is 17.4. The van der Waals surface area contributed by atoms with Crippen molar-refractivity contribution in [2.45, 2.75) is 20.3 Å². The predicted octanol–water partition coefficient (Wildman–Crippen LogP) is 4.65. The lowest BCUT2D eigenvalue weighted by Crippen LogP contribution is -2.12. The molecular formula is C21H22BrN3O2. The molecule has 140 valence electrons. The fraction of sp³-hybridized carbons (Fsp3) is 0.238. The van der Waals surface area contributed by atoms with Gasteiger partial charge in [0, 0.05) is 36.0 Å². The summed E-state index contributed by atoms with van der Waals surface area (Å²) in [4.78, 5) is 12.5. The maximum atomic E-state index is 12.5. The third-order valence-corrected chi connectivity index (χ3v) is 5.29. The molecular weight excluding hydrogens is 406 g/mol. The molecule has 5 nitrogen and oxygen atoms in total. The lowest BCUT2D eigenvalue weighted by molar-refractivity contribution is 0.102. The van der Waals surface area contributed by atoms with Crippen molar-refractivity contribution in [2.24, 2.45) is 7.05 Å². The van der Waals surface area contributed by atoms with Gasteiger partial charge in [0.25, 0.3) is 5.91 Å². The van der Waals surface area contributed by atoms with Gasteiger partial charge in [-0.05, 0) is 65.7 Å². The first kappa shape index (κ1) is 19.2. The van der Waals surface area contributed by atoms with Crippen molar-refractivity contribution in [3.63, 3.8) is 0 Å². The van der Waals surface area contributed by atoms with Gasteiger partial charge >= 0.3 is 0 Å². The summed E-state index contributed by atoms with van der Waals surface area (Å²) in [6.45, 7) is 4.11. The van der Waals surface area contributed by atoms with Crippen LogP contribution in [0.5, 0.6) is 5.75 Å². The average molecular weight is 428 g/mol. The van der Waals surface area contributed by atoms with E-state index in [1.807, 2.05) is 42.9 Å². The van der Waals surface area contributed by atoms with Gasteiger partial charge in [-0.2, -0.15) is 5.10 Å². The normalized spacial score (nSPS) is 10.7. The molecule has 0 fully saturated rings. The molecule has 0 atom stereocenters. The molecule has 1 amide bonds. The smallest absolute Gasteiger partial charge is 0.255 e. The first-order valence-corrected chi connectivity index (χ1v) is 9.41. The quantitative estimate of drug-likeness (QED) is 0.644. The van der Waals surface area contributed by atoms with Crippen LogP contribution < -0.4 is 10.1 Å². The summed E-state index contributed by atoms with van der Waals surface area (Å²) in [6, 6.07) is 13.2. The molecule has 0 aliphatic heterocycles. The predicted molar refractivity (Wildman–Crippen MR) is 111 cm³/mol. The van der Waals surface area contributed by atoms with Gasteiger partial charge in [0.2, 0.25) is 0 Å². The number of anilines is 1. The standard InChI is InChI=1S/C21H22BrN3O2/c1-13-18(14(2)25(3)24-13)11-15-5-8-17(9-6-15)23-21(26)16-7-10-20(27-4)19(22)12-16/h5-10,12H,11H2,1-4H3,(H,23,26). The molecule has 0 aliphatic rings. The second-order valence-corrected chi connectivity index (χ2v) is 7.30. The van der Waals surface area contributed by atoms with Crippen LogP contribution in [-0.4, -0.2) is 22.8 Å². The summed E-state index contributed by atoms with van der Waals surface area (Å²) in [7, 11) is 3.55. The molecule has 0 unspecified atom stereocenters. The Hall–Kier alpha value is -2.60. The van der Waals surface area contributed by atoms with E-state index in [9.17, 15) is 4.79 Å². The van der Waals surface area contributed by atoms with E-state index in [-0.39, 0.29) is 5.91 Å². The summed E-state index contributed by atoms with van der Waals surface area (Å²) in [5, 5.41) is 7.39. The number of methoxy groups -OCH3 is 1. The van der Waals surface area contributed by atoms with E-state index in [1.165, 1.54) is 16.8 Å². The second-order valence-electron chi connectivity index (χ2n) is 6.45. The van der Waals surface area contributed by atoms with E-state index >= 15 is 0 Å². The summed E-state index contributed by atoms with van der Waals surface area (Å²) >= 11 is 3.40. The number of benzene rings is 2. The van der Waals surface area contributed by atoms with Crippen LogP contribution in [0.2, 0.25) is 0 Å². The highest BCUT2D eigenvalue weighted by molar-refractivity contribution is 9.10. The van der Waals surface area contributed by atoms with Crippen LogP contribution in [0.25, 0.3) is 0 Å². The fourth-order valence-electron chi connectivity index (χ4n) is 2.99. The Balaban J connectivity index is 1.70. The number of amides is 1. The largest absolute Gasteiger partial charge is 0.496 e. The summed E-state index contributed by atoms with van der Waals surface area (Å²) < 4.78 is 7.85. The summed E-state index contributed by atoms with van der Waals surface area (Å²) in [5.74, 6) is 0.530. The number of rotatable bonds is 5. The molecule has 0 aliphatic carbocycles. The number of nitrogens with zero attached hydrogens (tertiary/aromatic N) is 2. The summed E-state index contributed by atoms with van der Waals surface area (Å²) in [5.41, 5.74) is 5.98. The maximum absolute atomic E-state index is 12.5. The number of aromatic nitrogens is 2. The van der Waals surface area contributed by atoms with Crippen LogP contribution >= 0.6 is 15.9 Å². The molecule has 27 heavy (non-hydrogen) atoms. The highest BCUT2D eigenvalue weighted by Crippen LogP contribution is 2.26. The Morgan fingerprint density at radius 2 is 1.89 bits per heavy atom. The number of carbonyl (C=O) groups excluding carboxylic acids is 1. The number of nitrogens with one attached hydrogen (secondary N) is 1. The lowest BCUT2D eigenvalue weighted by atomic mass is 10.0. The highest BCUT2D eigenvalue weighted by atomic mass is 79.9. The number of ether oxygens (including phenoxy) is 1. The van der Waals surface area contributed by atoms with Gasteiger partial charge in [0.1, 0.15) is 5.75 Å². The molecule has 0 spiro atoms. The molecule has 3 aromatic rings. The van der Waals surface area contributed by atoms with Crippen molar-refractivity contribution in [3.8, 4) is 5.75 Å². The van der Waals surface area contributed by atoms with Crippen molar-refractivity contribution >= 4 is 27.5 Å². The monoisotopic (exact) mass is 427 g/mol. The van der Waals surface area contributed by atoms with Crippen molar-refractivity contribution in [2.75, 3.05) is 12.4 Å². The van der Waals surface area contributed by atoms with E-state index in [0.29, 0.717) is 11.3 Å². The van der Waals surface area contributed by atoms with Crippen LogP contribution in [-0.2, 0) is 13.5 Å². The first-order chi connectivity index (χ1) is 12.9. The number of halogens is 1. The highest BCUT2D eigenvalue weighted by Gasteiger charge is 2.11. The second kappa shape index (κ2) is 7.96. The summed E-state index contributed by atoms with van der Waals surface area (Å²) in [6.07, 6.45) is 0.825. The van der Waals surface area contributed by atoms with Crippen LogP contribution in [0.3, 0.4) is 0 Å². The van der Waals surface area contributed by atoms with Gasteiger partial charge in [-0.15, -0.1) is 0 Å². The van der Waals surface area contributed by atoms with Crippen LogP contribution in [0.15, 0.2) is 46.9 Å². The van der Waals surface area contributed by atoms with Crippen LogP contribution in [0, 0.1) is 13.8 Å². The van der Waals surface area contributed by atoms with Crippen LogP contribution in [0.4, 0.5) is 5.69 Å². The third kappa shape index (κ3) is 4.22.